The van der Waals surface area contributed by atoms with Crippen molar-refractivity contribution in [1.29, 1.82) is 5.26 Å². The Morgan fingerprint density at radius 2 is 2.35 bits per heavy atom. The van der Waals surface area contributed by atoms with Gasteiger partial charge in [0.1, 0.15) is 5.75 Å². The Bertz CT molecular complexity index is 551. The molecule has 1 saturated heterocycles. The molecule has 2 atom stereocenters. The molecule has 0 saturated carbocycles. The van der Waals surface area contributed by atoms with Crippen molar-refractivity contribution in [3.05, 3.63) is 29.3 Å². The molecule has 1 heterocycles. The van der Waals surface area contributed by atoms with E-state index in [1.807, 2.05) is 6.92 Å². The average Bonchev–Trinajstić information content (AvgIpc) is 2.80. The predicted molar refractivity (Wildman–Crippen MR) is 73.3 cm³/mol. The van der Waals surface area contributed by atoms with Crippen molar-refractivity contribution in [2.24, 2.45) is 5.92 Å². The number of nitrogens with zero attached hydrogens (tertiary/aromatic N) is 2. The van der Waals surface area contributed by atoms with E-state index in [-0.39, 0.29) is 12.0 Å². The fraction of sp³-hybridized carbons (Fsp3) is 0.467. The van der Waals surface area contributed by atoms with Gasteiger partial charge in [-0.25, -0.2) is 0 Å². The minimum absolute atomic E-state index is 0.0112. The van der Waals surface area contributed by atoms with Crippen LogP contribution in [0.3, 0.4) is 0 Å². The van der Waals surface area contributed by atoms with Gasteiger partial charge in [0.25, 0.3) is 0 Å². The summed E-state index contributed by atoms with van der Waals surface area (Å²) in [5, 5.41) is 18.1. The van der Waals surface area contributed by atoms with Gasteiger partial charge in [0.15, 0.2) is 0 Å². The highest BCUT2D eigenvalue weighted by molar-refractivity contribution is 5.71. The molecular formula is C15H18N2O3. The van der Waals surface area contributed by atoms with Crippen molar-refractivity contribution in [1.82, 2.24) is 4.90 Å². The normalized spacial score (nSPS) is 22.4. The van der Waals surface area contributed by atoms with Crippen molar-refractivity contribution < 1.29 is 14.6 Å². The molecule has 1 aromatic rings. The molecule has 5 heteroatoms. The van der Waals surface area contributed by atoms with E-state index in [1.54, 1.807) is 25.3 Å². The van der Waals surface area contributed by atoms with Crippen molar-refractivity contribution in [3.8, 4) is 11.8 Å². The number of aliphatic carboxylic acids is 1. The van der Waals surface area contributed by atoms with Crippen LogP contribution in [0, 0.1) is 17.2 Å². The first-order chi connectivity index (χ1) is 9.56. The highest BCUT2D eigenvalue weighted by Crippen LogP contribution is 2.29. The summed E-state index contributed by atoms with van der Waals surface area (Å²) in [6.07, 6.45) is 0.663. The molecule has 20 heavy (non-hydrogen) atoms. The van der Waals surface area contributed by atoms with Crippen LogP contribution in [0.15, 0.2) is 18.2 Å². The van der Waals surface area contributed by atoms with Crippen LogP contribution < -0.4 is 4.74 Å². The first kappa shape index (κ1) is 14.4. The summed E-state index contributed by atoms with van der Waals surface area (Å²) in [4.78, 5) is 13.3. The van der Waals surface area contributed by atoms with E-state index in [4.69, 9.17) is 15.1 Å². The van der Waals surface area contributed by atoms with E-state index in [1.165, 1.54) is 0 Å². The molecule has 1 aromatic carbocycles. The number of benzene rings is 1. The zero-order valence-electron chi connectivity index (χ0n) is 11.7. The molecular weight excluding hydrogens is 256 g/mol. The van der Waals surface area contributed by atoms with E-state index in [0.717, 1.165) is 17.9 Å². The molecule has 5 nitrogen and oxygen atoms in total. The third kappa shape index (κ3) is 2.75. The summed E-state index contributed by atoms with van der Waals surface area (Å²) in [6.45, 7) is 3.29. The number of likely N-dealkylation sites (tertiary alicyclic amines) is 1. The molecule has 1 aliphatic rings. The highest BCUT2D eigenvalue weighted by atomic mass is 16.5. The molecule has 1 fully saturated rings. The first-order valence-electron chi connectivity index (χ1n) is 6.60. The van der Waals surface area contributed by atoms with E-state index >= 15 is 0 Å². The van der Waals surface area contributed by atoms with Crippen LogP contribution in [0.25, 0.3) is 0 Å². The number of carboxylic acid groups (broad SMARTS) is 1. The molecule has 0 spiro atoms. The lowest BCUT2D eigenvalue weighted by Crippen LogP contribution is -2.32. The average molecular weight is 274 g/mol. The van der Waals surface area contributed by atoms with Gasteiger partial charge in [-0.15, -0.1) is 0 Å². The Kier molecular flexibility index (Phi) is 4.26. The lowest BCUT2D eigenvalue weighted by atomic mass is 10.0. The molecule has 0 bridgehead atoms. The van der Waals surface area contributed by atoms with Crippen LogP contribution in [-0.2, 0) is 11.3 Å². The lowest BCUT2D eigenvalue weighted by Gasteiger charge is -2.24. The van der Waals surface area contributed by atoms with Gasteiger partial charge in [0.05, 0.1) is 24.7 Å². The van der Waals surface area contributed by atoms with Gasteiger partial charge >= 0.3 is 5.97 Å². The zero-order chi connectivity index (χ0) is 14.7. The number of hydrogen-bond acceptors (Lipinski definition) is 4. The van der Waals surface area contributed by atoms with Gasteiger partial charge in [-0.05, 0) is 38.1 Å². The van der Waals surface area contributed by atoms with Crippen molar-refractivity contribution in [2.75, 3.05) is 13.7 Å². The SMILES string of the molecule is COc1ccc(C#N)cc1CN1CCC(C(=O)O)C1C. The number of methoxy groups -OCH3 is 1. The highest BCUT2D eigenvalue weighted by Gasteiger charge is 2.35. The minimum Gasteiger partial charge on any atom is -0.496 e. The first-order valence-corrected chi connectivity index (χ1v) is 6.60. The molecule has 2 rings (SSSR count). The predicted octanol–water partition coefficient (Wildman–Crippen LogP) is 1.86. The fourth-order valence-corrected chi connectivity index (χ4v) is 2.75. The Morgan fingerprint density at radius 1 is 1.60 bits per heavy atom. The Labute approximate surface area is 118 Å². The molecule has 2 unspecified atom stereocenters. The summed E-state index contributed by atoms with van der Waals surface area (Å²) in [5.74, 6) is -0.326. The molecule has 0 aliphatic carbocycles. The van der Waals surface area contributed by atoms with Gasteiger partial charge in [0.2, 0.25) is 0 Å². The fourth-order valence-electron chi connectivity index (χ4n) is 2.75. The topological polar surface area (TPSA) is 73.6 Å². The molecule has 106 valence electrons. The summed E-state index contributed by atoms with van der Waals surface area (Å²) < 4.78 is 5.31. The summed E-state index contributed by atoms with van der Waals surface area (Å²) in [5.41, 5.74) is 1.51. The molecule has 1 N–H and O–H groups in total. The monoisotopic (exact) mass is 274 g/mol. The maximum absolute atomic E-state index is 11.1. The van der Waals surface area contributed by atoms with Crippen LogP contribution in [-0.4, -0.2) is 35.7 Å². The quantitative estimate of drug-likeness (QED) is 0.907. The van der Waals surface area contributed by atoms with Crippen molar-refractivity contribution >= 4 is 5.97 Å². The van der Waals surface area contributed by atoms with Crippen molar-refractivity contribution in [3.63, 3.8) is 0 Å². The third-order valence-electron chi connectivity index (χ3n) is 3.99. The standard InChI is InChI=1S/C15H18N2O3/c1-10-13(15(18)19)5-6-17(10)9-12-7-11(8-16)3-4-14(12)20-2/h3-4,7,10,13H,5-6,9H2,1-2H3,(H,18,19). The van der Waals surface area contributed by atoms with Crippen LogP contribution in [0.1, 0.15) is 24.5 Å². The summed E-state index contributed by atoms with van der Waals surface area (Å²) >= 11 is 0. The van der Waals surface area contributed by atoms with Gasteiger partial charge in [-0.3, -0.25) is 9.69 Å². The summed E-state index contributed by atoms with van der Waals surface area (Å²) in [6, 6.07) is 7.41. The van der Waals surface area contributed by atoms with Gasteiger partial charge < -0.3 is 9.84 Å². The van der Waals surface area contributed by atoms with Crippen LogP contribution in [0.5, 0.6) is 5.75 Å². The van der Waals surface area contributed by atoms with E-state index in [9.17, 15) is 4.79 Å². The third-order valence-corrected chi connectivity index (χ3v) is 3.99. The second kappa shape index (κ2) is 5.93. The number of rotatable bonds is 4. The van der Waals surface area contributed by atoms with Crippen molar-refractivity contribution in [2.45, 2.75) is 25.9 Å². The van der Waals surface area contributed by atoms with Crippen LogP contribution in [0.4, 0.5) is 0 Å². The maximum atomic E-state index is 11.1. The molecule has 0 aromatic heterocycles. The molecule has 0 radical (unpaired) electrons. The maximum Gasteiger partial charge on any atom is 0.308 e. The Morgan fingerprint density at radius 3 is 2.90 bits per heavy atom. The van der Waals surface area contributed by atoms with E-state index in [2.05, 4.69) is 11.0 Å². The Hall–Kier alpha value is -2.06. The second-order valence-electron chi connectivity index (χ2n) is 5.08. The zero-order valence-corrected chi connectivity index (χ0v) is 11.7. The number of carboxylic acids is 1. The Balaban J connectivity index is 2.18. The van der Waals surface area contributed by atoms with E-state index < -0.39 is 5.97 Å². The number of hydrogen-bond donors (Lipinski definition) is 1. The van der Waals surface area contributed by atoms with E-state index in [0.29, 0.717) is 18.5 Å². The van der Waals surface area contributed by atoms with Gasteiger partial charge in [0, 0.05) is 18.2 Å². The van der Waals surface area contributed by atoms with Crippen LogP contribution >= 0.6 is 0 Å². The summed E-state index contributed by atoms with van der Waals surface area (Å²) in [7, 11) is 1.60. The lowest BCUT2D eigenvalue weighted by molar-refractivity contribution is -0.142. The number of nitriles is 1. The van der Waals surface area contributed by atoms with Gasteiger partial charge in [-0.2, -0.15) is 5.26 Å². The minimum atomic E-state index is -0.738. The second-order valence-corrected chi connectivity index (χ2v) is 5.08. The molecule has 0 amide bonds. The largest absolute Gasteiger partial charge is 0.496 e. The smallest absolute Gasteiger partial charge is 0.308 e. The van der Waals surface area contributed by atoms with Gasteiger partial charge in [-0.1, -0.05) is 0 Å². The van der Waals surface area contributed by atoms with Crippen LogP contribution in [0.2, 0.25) is 0 Å². The number of carbonyl (C=O) groups is 1. The molecule has 1 aliphatic heterocycles. The number of ether oxygens (including phenoxy) is 1.